The molecule has 0 saturated carbocycles. The lowest BCUT2D eigenvalue weighted by atomic mass is 9.98. The van der Waals surface area contributed by atoms with Crippen LogP contribution in [0.25, 0.3) is 0 Å². The van der Waals surface area contributed by atoms with Gasteiger partial charge in [0.1, 0.15) is 18.8 Å². The highest BCUT2D eigenvalue weighted by Gasteiger charge is 2.50. The number of aliphatic carboxylic acids is 1. The molecule has 0 aromatic heterocycles. The molecule has 0 bridgehead atoms. The molecule has 1 fully saturated rings. The maximum Gasteiger partial charge on any atom is 0.335 e. The molecule has 0 radical (unpaired) electrons. The maximum absolute atomic E-state index is 13.1. The molecular formula is C61H100O12. The van der Waals surface area contributed by atoms with Crippen molar-refractivity contribution in [1.29, 1.82) is 0 Å². The van der Waals surface area contributed by atoms with Gasteiger partial charge in [0.25, 0.3) is 0 Å². The van der Waals surface area contributed by atoms with E-state index in [0.717, 1.165) is 167 Å². The van der Waals surface area contributed by atoms with Gasteiger partial charge in [0.2, 0.25) is 0 Å². The Kier molecular flexibility index (Phi) is 44.7. The highest BCUT2D eigenvalue weighted by molar-refractivity contribution is 5.74. The van der Waals surface area contributed by atoms with Crippen molar-refractivity contribution in [1.82, 2.24) is 0 Å². The second kappa shape index (κ2) is 48.8. The van der Waals surface area contributed by atoms with E-state index < -0.39 is 67.3 Å². The zero-order chi connectivity index (χ0) is 53.3. The molecule has 12 heteroatoms. The molecule has 0 spiro atoms. The van der Waals surface area contributed by atoms with E-state index in [4.69, 9.17) is 23.7 Å². The van der Waals surface area contributed by atoms with Crippen molar-refractivity contribution < 1.29 is 58.2 Å². The van der Waals surface area contributed by atoms with Gasteiger partial charge < -0.3 is 39.0 Å². The molecule has 0 amide bonds. The maximum atomic E-state index is 13.1. The smallest absolute Gasteiger partial charge is 0.335 e. The molecule has 1 rings (SSSR count). The number of rotatable bonds is 47. The third-order valence-electron chi connectivity index (χ3n) is 12.4. The normalized spacial score (nSPS) is 18.9. The standard InChI is InChI=1S/C61H100O12/c1-4-7-10-13-16-19-22-25-26-27-28-31-34-37-40-43-46-49-55(64)72-59-57(66)56(65)58(60(67)68)73-61(59)70-51-52(71-54(63)48-45-42-39-36-33-30-24-21-18-15-12-9-6-3)50-69-53(62)47-44-41-38-35-32-29-23-20-17-14-11-8-5-2/h7,10-12,14-16,19-21,23-26,52,56-59,61,65-66H,4-6,8-9,13,17-18,22,27-51H2,1-3H3,(H,67,68)/b10-7-,14-11-,15-12-,19-16-,23-20-,24-21-,26-25-. The van der Waals surface area contributed by atoms with Gasteiger partial charge in [0.15, 0.2) is 24.6 Å². The summed E-state index contributed by atoms with van der Waals surface area (Å²) in [6.07, 6.45) is 49.8. The summed E-state index contributed by atoms with van der Waals surface area (Å²) in [5, 5.41) is 31.4. The van der Waals surface area contributed by atoms with Gasteiger partial charge in [-0.2, -0.15) is 0 Å². The molecule has 6 atom stereocenters. The van der Waals surface area contributed by atoms with Crippen LogP contribution in [0.1, 0.15) is 226 Å². The van der Waals surface area contributed by atoms with E-state index >= 15 is 0 Å². The molecule has 1 saturated heterocycles. The van der Waals surface area contributed by atoms with Gasteiger partial charge in [-0.3, -0.25) is 14.4 Å². The van der Waals surface area contributed by atoms with E-state index in [1.54, 1.807) is 0 Å². The Hall–Kier alpha value is -4.10. The van der Waals surface area contributed by atoms with Crippen LogP contribution >= 0.6 is 0 Å². The SMILES string of the molecule is CC/C=C\C/C=C\C/C=C\CCCCCCCCCC(=O)OC1C(OCC(COC(=O)CCCCCCC/C=C\C/C=C\CCC)OC(=O)CCCCCCC/C=C\C/C=C\CCC)OC(C(=O)O)C(O)C1O. The Morgan fingerprint density at radius 1 is 0.466 bits per heavy atom. The number of hydrogen-bond donors (Lipinski definition) is 3. The number of carboxylic acid groups (broad SMARTS) is 1. The Labute approximate surface area is 441 Å². The van der Waals surface area contributed by atoms with Gasteiger partial charge in [0, 0.05) is 19.3 Å². The highest BCUT2D eigenvalue weighted by atomic mass is 16.7. The number of carbonyl (C=O) groups excluding carboxylic acids is 3. The number of ether oxygens (including phenoxy) is 5. The lowest BCUT2D eigenvalue weighted by molar-refractivity contribution is -0.301. The number of allylic oxidation sites excluding steroid dienone is 14. The Morgan fingerprint density at radius 2 is 0.863 bits per heavy atom. The molecule has 1 heterocycles. The fourth-order valence-corrected chi connectivity index (χ4v) is 8.04. The summed E-state index contributed by atoms with van der Waals surface area (Å²) in [5.41, 5.74) is 0. The quantitative estimate of drug-likeness (QED) is 0.0228. The zero-order valence-electron chi connectivity index (χ0n) is 45.6. The Bertz CT molecular complexity index is 1590. The minimum atomic E-state index is -1.91. The first-order valence-electron chi connectivity index (χ1n) is 28.6. The molecule has 1 aliphatic rings. The summed E-state index contributed by atoms with van der Waals surface area (Å²) in [6, 6.07) is 0. The number of carbonyl (C=O) groups is 4. The van der Waals surface area contributed by atoms with Crippen LogP contribution in [0.2, 0.25) is 0 Å². The Balaban J connectivity index is 2.71. The van der Waals surface area contributed by atoms with Crippen LogP contribution in [-0.4, -0.2) is 89.2 Å². The summed E-state index contributed by atoms with van der Waals surface area (Å²) in [4.78, 5) is 51.0. The number of hydrogen-bond acceptors (Lipinski definition) is 11. The van der Waals surface area contributed by atoms with Gasteiger partial charge in [-0.1, -0.05) is 189 Å². The fourth-order valence-electron chi connectivity index (χ4n) is 8.04. The molecule has 73 heavy (non-hydrogen) atoms. The zero-order valence-corrected chi connectivity index (χ0v) is 45.6. The third kappa shape index (κ3) is 39.0. The monoisotopic (exact) mass is 1020 g/mol. The number of carboxylic acids is 1. The largest absolute Gasteiger partial charge is 0.479 e. The molecule has 0 aromatic carbocycles. The lowest BCUT2D eigenvalue weighted by Gasteiger charge is -2.40. The summed E-state index contributed by atoms with van der Waals surface area (Å²) in [7, 11) is 0. The summed E-state index contributed by atoms with van der Waals surface area (Å²) >= 11 is 0. The second-order valence-electron chi connectivity index (χ2n) is 19.2. The summed E-state index contributed by atoms with van der Waals surface area (Å²) in [6.45, 7) is 5.71. The number of aliphatic hydroxyl groups excluding tert-OH is 2. The van der Waals surface area contributed by atoms with E-state index in [9.17, 15) is 34.5 Å². The predicted octanol–water partition coefficient (Wildman–Crippen LogP) is 14.3. The predicted molar refractivity (Wildman–Crippen MR) is 294 cm³/mol. The minimum Gasteiger partial charge on any atom is -0.479 e. The van der Waals surface area contributed by atoms with Gasteiger partial charge in [-0.05, 0) is 103 Å². The second-order valence-corrected chi connectivity index (χ2v) is 19.2. The van der Waals surface area contributed by atoms with Crippen LogP contribution < -0.4 is 0 Å². The first-order valence-corrected chi connectivity index (χ1v) is 28.6. The molecule has 3 N–H and O–H groups in total. The van der Waals surface area contributed by atoms with Crippen LogP contribution in [0.5, 0.6) is 0 Å². The molecule has 0 aromatic rings. The number of aliphatic hydroxyl groups is 2. The molecule has 1 aliphatic heterocycles. The highest BCUT2D eigenvalue weighted by Crippen LogP contribution is 2.26. The van der Waals surface area contributed by atoms with Gasteiger partial charge in [-0.25, -0.2) is 4.79 Å². The van der Waals surface area contributed by atoms with Crippen molar-refractivity contribution in [3.63, 3.8) is 0 Å². The van der Waals surface area contributed by atoms with E-state index in [1.165, 1.54) is 0 Å². The molecule has 12 nitrogen and oxygen atoms in total. The van der Waals surface area contributed by atoms with Gasteiger partial charge in [-0.15, -0.1) is 0 Å². The first kappa shape index (κ1) is 66.9. The lowest BCUT2D eigenvalue weighted by Crippen LogP contribution is -2.61. The van der Waals surface area contributed by atoms with Crippen molar-refractivity contribution in [2.75, 3.05) is 13.2 Å². The Morgan fingerprint density at radius 3 is 1.32 bits per heavy atom. The van der Waals surface area contributed by atoms with E-state index in [-0.39, 0.29) is 25.9 Å². The fraction of sp³-hybridized carbons (Fsp3) is 0.705. The van der Waals surface area contributed by atoms with Crippen molar-refractivity contribution in [2.45, 2.75) is 263 Å². The molecule has 0 aliphatic carbocycles. The van der Waals surface area contributed by atoms with E-state index in [2.05, 4.69) is 106 Å². The van der Waals surface area contributed by atoms with Crippen molar-refractivity contribution in [2.24, 2.45) is 0 Å². The van der Waals surface area contributed by atoms with Crippen LogP contribution in [-0.2, 0) is 42.9 Å². The molecule has 416 valence electrons. The first-order chi connectivity index (χ1) is 35.6. The van der Waals surface area contributed by atoms with Crippen molar-refractivity contribution in [3.8, 4) is 0 Å². The third-order valence-corrected chi connectivity index (χ3v) is 12.4. The minimum absolute atomic E-state index is 0.0430. The van der Waals surface area contributed by atoms with Gasteiger partial charge in [0.05, 0.1) is 6.61 Å². The van der Waals surface area contributed by atoms with Crippen LogP contribution in [0.4, 0.5) is 0 Å². The van der Waals surface area contributed by atoms with E-state index in [1.807, 2.05) is 0 Å². The number of esters is 3. The summed E-state index contributed by atoms with van der Waals surface area (Å²) in [5.74, 6) is -3.18. The van der Waals surface area contributed by atoms with Crippen LogP contribution in [0.3, 0.4) is 0 Å². The number of unbranched alkanes of at least 4 members (excludes halogenated alkanes) is 19. The summed E-state index contributed by atoms with van der Waals surface area (Å²) < 4.78 is 28.4. The van der Waals surface area contributed by atoms with Crippen molar-refractivity contribution >= 4 is 23.9 Å². The average Bonchev–Trinajstić information content (AvgIpc) is 3.37. The average molecular weight is 1030 g/mol. The van der Waals surface area contributed by atoms with Crippen LogP contribution in [0.15, 0.2) is 85.1 Å². The van der Waals surface area contributed by atoms with E-state index in [0.29, 0.717) is 19.3 Å². The molecular weight excluding hydrogens is 925 g/mol. The van der Waals surface area contributed by atoms with Crippen LogP contribution in [0, 0.1) is 0 Å². The topological polar surface area (TPSA) is 175 Å². The molecule has 6 unspecified atom stereocenters. The van der Waals surface area contributed by atoms with Gasteiger partial charge >= 0.3 is 23.9 Å². The van der Waals surface area contributed by atoms with Crippen molar-refractivity contribution in [3.05, 3.63) is 85.1 Å².